The van der Waals surface area contributed by atoms with E-state index in [1.807, 2.05) is 0 Å². The van der Waals surface area contributed by atoms with Crippen LogP contribution in [0.3, 0.4) is 0 Å². The van der Waals surface area contributed by atoms with Crippen molar-refractivity contribution in [2.24, 2.45) is 0 Å². The molecular weight excluding hydrogens is 263 g/mol. The first-order valence-corrected chi connectivity index (χ1v) is 0. The van der Waals surface area contributed by atoms with Crippen LogP contribution in [0.5, 0.6) is 0 Å². The molecule has 0 aromatic carbocycles. The van der Waals surface area contributed by atoms with Gasteiger partial charge in [-0.3, -0.25) is 0 Å². The van der Waals surface area contributed by atoms with Crippen LogP contribution < -0.4 is 0 Å². The molecule has 0 heterocycles. The molecule has 0 unspecified atom stereocenters. The van der Waals surface area contributed by atoms with Crippen LogP contribution in [0, 0.1) is 44.6 Å². The third-order valence-electron chi connectivity index (χ3n) is 0. The predicted octanol–water partition coefficient (Wildman–Crippen LogP) is 2.69. The van der Waals surface area contributed by atoms with Gasteiger partial charge in [0.25, 0.3) is 0 Å². The summed E-state index contributed by atoms with van der Waals surface area (Å²) >= 11 is 0. The Hall–Kier alpha value is 1.56. The van der Waals surface area contributed by atoms with Crippen LogP contribution in [0.1, 0.15) is 0 Å². The average molecular weight is 281 g/mol. The van der Waals surface area contributed by atoms with Crippen LogP contribution in [0.2, 0.25) is 0 Å². The summed E-state index contributed by atoms with van der Waals surface area (Å²) in [5.41, 5.74) is 0. The minimum absolute atomic E-state index is 0. The summed E-state index contributed by atoms with van der Waals surface area (Å²) < 4.78 is 0. The SMILES string of the molecule is [CH3-].[CH3-].[CH3-].[CH3-].[CH3-].[CH3-].[Cu+2].[Cu+2].[Cu+2]. The molecule has 0 bridgehead atoms. The molecule has 9 heavy (non-hydrogen) atoms. The second-order valence-electron chi connectivity index (χ2n) is 0. The van der Waals surface area contributed by atoms with Crippen molar-refractivity contribution < 1.29 is 51.2 Å². The van der Waals surface area contributed by atoms with E-state index in [-0.39, 0.29) is 95.8 Å². The fourth-order valence-electron chi connectivity index (χ4n) is 0. The van der Waals surface area contributed by atoms with E-state index >= 15 is 0 Å². The Morgan fingerprint density at radius 1 is 0.222 bits per heavy atom. The molecule has 3 heteroatoms. The molecule has 0 aliphatic rings. The predicted molar refractivity (Wildman–Crippen MR) is 38.5 cm³/mol. The van der Waals surface area contributed by atoms with Gasteiger partial charge in [-0.1, -0.05) is 0 Å². The van der Waals surface area contributed by atoms with Crippen LogP contribution in [0.15, 0.2) is 0 Å². The summed E-state index contributed by atoms with van der Waals surface area (Å²) in [5.74, 6) is 0. The first-order chi connectivity index (χ1) is 0. The van der Waals surface area contributed by atoms with Crippen molar-refractivity contribution in [3.05, 3.63) is 44.6 Å². The zero-order valence-electron chi connectivity index (χ0n) is 6.90. The molecule has 0 amide bonds. The normalized spacial score (nSPS) is 0. The van der Waals surface area contributed by atoms with Gasteiger partial charge in [0.15, 0.2) is 0 Å². The number of hydrogen-bond donors (Lipinski definition) is 0. The molecule has 0 saturated heterocycles. The molecule has 0 aliphatic carbocycles. The average Bonchev–Trinajstić information content (AvgIpc) is 0. The molecule has 0 spiro atoms. The molecule has 0 nitrogen and oxygen atoms in total. The first-order valence-electron chi connectivity index (χ1n) is 0. The van der Waals surface area contributed by atoms with Crippen LogP contribution in [0.4, 0.5) is 0 Å². The standard InChI is InChI=1S/6CH3.3Cu/h6*1H3;;;/q6*-1;3*+2. The van der Waals surface area contributed by atoms with Crippen LogP contribution >= 0.6 is 0 Å². The van der Waals surface area contributed by atoms with Gasteiger partial charge in [0.05, 0.1) is 0 Å². The summed E-state index contributed by atoms with van der Waals surface area (Å²) in [4.78, 5) is 0. The summed E-state index contributed by atoms with van der Waals surface area (Å²) in [6.07, 6.45) is 0. The van der Waals surface area contributed by atoms with E-state index < -0.39 is 0 Å². The van der Waals surface area contributed by atoms with Crippen molar-refractivity contribution in [2.45, 2.75) is 0 Å². The zero-order valence-corrected chi connectivity index (χ0v) is 9.73. The smallest absolute Gasteiger partial charge is 0.358 e. The minimum Gasteiger partial charge on any atom is -0.358 e. The maximum Gasteiger partial charge on any atom is 2.00 e. The van der Waals surface area contributed by atoms with Crippen LogP contribution in [-0.4, -0.2) is 0 Å². The van der Waals surface area contributed by atoms with Gasteiger partial charge >= 0.3 is 51.2 Å². The van der Waals surface area contributed by atoms with E-state index in [0.717, 1.165) is 0 Å². The molecule has 3 radical (unpaired) electrons. The fourth-order valence-corrected chi connectivity index (χ4v) is 0. The van der Waals surface area contributed by atoms with E-state index in [2.05, 4.69) is 0 Å². The molecule has 0 rings (SSSR count). The van der Waals surface area contributed by atoms with E-state index in [4.69, 9.17) is 0 Å². The fraction of sp³-hybridized carbons (Fsp3) is 0. The molecule has 0 aromatic rings. The third-order valence-corrected chi connectivity index (χ3v) is 0. The Bertz CT molecular complexity index is 8.26. The second-order valence-corrected chi connectivity index (χ2v) is 0. The van der Waals surface area contributed by atoms with Gasteiger partial charge in [0.2, 0.25) is 0 Å². The van der Waals surface area contributed by atoms with Gasteiger partial charge in [-0.05, 0) is 0 Å². The topological polar surface area (TPSA) is 0 Å². The van der Waals surface area contributed by atoms with E-state index in [9.17, 15) is 0 Å². The van der Waals surface area contributed by atoms with Crippen molar-refractivity contribution >= 4 is 0 Å². The molecule has 0 saturated carbocycles. The zero-order chi connectivity index (χ0) is 0. The number of hydrogen-bond acceptors (Lipinski definition) is 0. The van der Waals surface area contributed by atoms with Gasteiger partial charge < -0.3 is 44.6 Å². The Morgan fingerprint density at radius 2 is 0.222 bits per heavy atom. The van der Waals surface area contributed by atoms with Crippen LogP contribution in [-0.2, 0) is 51.2 Å². The summed E-state index contributed by atoms with van der Waals surface area (Å²) in [6, 6.07) is 0. The Balaban J connectivity index is 0. The van der Waals surface area contributed by atoms with E-state index in [1.54, 1.807) is 0 Å². The van der Waals surface area contributed by atoms with Gasteiger partial charge in [-0.25, -0.2) is 0 Å². The summed E-state index contributed by atoms with van der Waals surface area (Å²) in [7, 11) is 0. The second kappa shape index (κ2) is 288. The molecular formula is C6H18Cu3. The van der Waals surface area contributed by atoms with Gasteiger partial charge in [-0.2, -0.15) is 0 Å². The molecule has 75 valence electrons. The monoisotopic (exact) mass is 279 g/mol. The number of rotatable bonds is 0. The largest absolute Gasteiger partial charge is 2.00 e. The minimum atomic E-state index is 0. The van der Waals surface area contributed by atoms with Gasteiger partial charge in [0.1, 0.15) is 0 Å². The van der Waals surface area contributed by atoms with E-state index in [1.165, 1.54) is 0 Å². The molecule has 0 fully saturated rings. The van der Waals surface area contributed by atoms with Gasteiger partial charge in [-0.15, -0.1) is 0 Å². The van der Waals surface area contributed by atoms with Crippen molar-refractivity contribution in [2.75, 3.05) is 0 Å². The molecule has 0 aliphatic heterocycles. The maximum atomic E-state index is 0. The molecule has 0 N–H and O–H groups in total. The maximum absolute atomic E-state index is 0. The summed E-state index contributed by atoms with van der Waals surface area (Å²) in [6.45, 7) is 0. The van der Waals surface area contributed by atoms with Crippen molar-refractivity contribution in [3.8, 4) is 0 Å². The first kappa shape index (κ1) is 397. The van der Waals surface area contributed by atoms with Crippen molar-refractivity contribution in [1.82, 2.24) is 0 Å². The Kier molecular flexibility index (Phi) is 12700. The van der Waals surface area contributed by atoms with Gasteiger partial charge in [0, 0.05) is 0 Å². The Labute approximate surface area is 95.4 Å². The summed E-state index contributed by atoms with van der Waals surface area (Å²) in [5, 5.41) is 0. The molecule has 0 atom stereocenters. The third kappa shape index (κ3) is 225. The quantitative estimate of drug-likeness (QED) is 0.473. The van der Waals surface area contributed by atoms with Crippen molar-refractivity contribution in [1.29, 1.82) is 0 Å². The van der Waals surface area contributed by atoms with Crippen molar-refractivity contribution in [3.63, 3.8) is 0 Å². The molecule has 0 aromatic heterocycles. The van der Waals surface area contributed by atoms with E-state index in [0.29, 0.717) is 0 Å². The Morgan fingerprint density at radius 3 is 0.222 bits per heavy atom. The van der Waals surface area contributed by atoms with Crippen LogP contribution in [0.25, 0.3) is 0 Å².